The van der Waals surface area contributed by atoms with Crippen LogP contribution in [0.15, 0.2) is 41.3 Å². The number of nitrogen functional groups attached to an aromatic ring is 1. The van der Waals surface area contributed by atoms with E-state index in [9.17, 15) is 8.42 Å². The highest BCUT2D eigenvalue weighted by atomic mass is 35.5. The zero-order valence-electron chi connectivity index (χ0n) is 10.5. The predicted molar refractivity (Wildman–Crippen MR) is 82.5 cm³/mol. The molecular formula is C12H14ClN3O2S2. The summed E-state index contributed by atoms with van der Waals surface area (Å²) in [5.74, 6) is 5.23. The van der Waals surface area contributed by atoms with Crippen molar-refractivity contribution in [2.45, 2.75) is 11.3 Å². The Hall–Kier alpha value is -1.12. The lowest BCUT2D eigenvalue weighted by molar-refractivity contribution is 0.582. The number of hydrazine groups is 1. The number of thiophene rings is 1. The molecule has 8 heteroatoms. The van der Waals surface area contributed by atoms with E-state index in [0.717, 1.165) is 4.88 Å². The number of rotatable bonds is 6. The van der Waals surface area contributed by atoms with Gasteiger partial charge in [0.2, 0.25) is 10.0 Å². The Labute approximate surface area is 126 Å². The van der Waals surface area contributed by atoms with Crippen molar-refractivity contribution in [3.05, 3.63) is 45.6 Å². The van der Waals surface area contributed by atoms with Crippen molar-refractivity contribution in [2.24, 2.45) is 5.84 Å². The van der Waals surface area contributed by atoms with Crippen LogP contribution >= 0.6 is 22.9 Å². The number of nitrogens with one attached hydrogen (secondary N) is 2. The van der Waals surface area contributed by atoms with Crippen molar-refractivity contribution in [2.75, 3.05) is 12.0 Å². The molecule has 0 aliphatic carbocycles. The van der Waals surface area contributed by atoms with E-state index in [1.54, 1.807) is 18.2 Å². The summed E-state index contributed by atoms with van der Waals surface area (Å²) < 4.78 is 27.3. The first kappa shape index (κ1) is 15.3. The minimum Gasteiger partial charge on any atom is -0.324 e. The van der Waals surface area contributed by atoms with Gasteiger partial charge in [0, 0.05) is 17.1 Å². The van der Waals surface area contributed by atoms with Crippen LogP contribution in [0.2, 0.25) is 4.34 Å². The molecule has 1 aromatic carbocycles. The Morgan fingerprint density at radius 2 is 1.85 bits per heavy atom. The van der Waals surface area contributed by atoms with Gasteiger partial charge in [-0.2, -0.15) is 0 Å². The summed E-state index contributed by atoms with van der Waals surface area (Å²) in [6.07, 6.45) is 0.610. The Morgan fingerprint density at radius 3 is 2.40 bits per heavy atom. The largest absolute Gasteiger partial charge is 0.324 e. The third kappa shape index (κ3) is 3.94. The number of benzene rings is 1. The number of halogens is 1. The van der Waals surface area contributed by atoms with E-state index < -0.39 is 10.0 Å². The van der Waals surface area contributed by atoms with Crippen LogP contribution in [0.5, 0.6) is 0 Å². The molecule has 0 atom stereocenters. The van der Waals surface area contributed by atoms with Crippen LogP contribution in [0.1, 0.15) is 4.88 Å². The van der Waals surface area contributed by atoms with Gasteiger partial charge in [0.15, 0.2) is 0 Å². The number of hydrogen-bond acceptors (Lipinski definition) is 5. The lowest BCUT2D eigenvalue weighted by Gasteiger charge is -2.07. The molecule has 0 spiro atoms. The van der Waals surface area contributed by atoms with Crippen LogP contribution < -0.4 is 16.0 Å². The maximum Gasteiger partial charge on any atom is 0.240 e. The van der Waals surface area contributed by atoms with Gasteiger partial charge in [-0.25, -0.2) is 13.1 Å². The Balaban J connectivity index is 1.96. The van der Waals surface area contributed by atoms with E-state index >= 15 is 0 Å². The molecule has 0 saturated heterocycles. The molecule has 0 aliphatic heterocycles. The average molecular weight is 332 g/mol. The summed E-state index contributed by atoms with van der Waals surface area (Å²) in [6, 6.07) is 9.90. The van der Waals surface area contributed by atoms with Gasteiger partial charge in [0.25, 0.3) is 0 Å². The van der Waals surface area contributed by atoms with E-state index in [-0.39, 0.29) is 4.90 Å². The topological polar surface area (TPSA) is 84.2 Å². The lowest BCUT2D eigenvalue weighted by atomic mass is 10.3. The maximum atomic E-state index is 12.0. The van der Waals surface area contributed by atoms with Crippen molar-refractivity contribution >= 4 is 38.6 Å². The first-order valence-electron chi connectivity index (χ1n) is 5.82. The summed E-state index contributed by atoms with van der Waals surface area (Å²) in [5, 5.41) is 0. The van der Waals surface area contributed by atoms with E-state index in [1.165, 1.54) is 23.5 Å². The number of anilines is 1. The zero-order valence-corrected chi connectivity index (χ0v) is 12.9. The van der Waals surface area contributed by atoms with Crippen molar-refractivity contribution < 1.29 is 8.42 Å². The maximum absolute atomic E-state index is 12.0. The fourth-order valence-corrected chi connectivity index (χ4v) is 3.73. The average Bonchev–Trinajstić information content (AvgIpc) is 2.84. The molecule has 4 N–H and O–H groups in total. The molecule has 0 saturated carbocycles. The van der Waals surface area contributed by atoms with Crippen molar-refractivity contribution in [3.8, 4) is 0 Å². The zero-order chi connectivity index (χ0) is 14.6. The second-order valence-electron chi connectivity index (χ2n) is 4.02. The first-order valence-corrected chi connectivity index (χ1v) is 8.49. The summed E-state index contributed by atoms with van der Waals surface area (Å²) in [5.41, 5.74) is 3.10. The fraction of sp³-hybridized carbons (Fsp3) is 0.167. The lowest BCUT2D eigenvalue weighted by Crippen LogP contribution is -2.25. The van der Waals surface area contributed by atoms with Crippen LogP contribution in [-0.4, -0.2) is 15.0 Å². The smallest absolute Gasteiger partial charge is 0.240 e. The van der Waals surface area contributed by atoms with Gasteiger partial charge in [-0.3, -0.25) is 5.84 Å². The molecule has 0 amide bonds. The molecule has 2 rings (SSSR count). The molecule has 108 valence electrons. The summed E-state index contributed by atoms with van der Waals surface area (Å²) >= 11 is 7.26. The highest BCUT2D eigenvalue weighted by Crippen LogP contribution is 2.21. The molecule has 0 radical (unpaired) electrons. The number of sulfonamides is 1. The second-order valence-corrected chi connectivity index (χ2v) is 7.59. The Kier molecular flexibility index (Phi) is 5.00. The van der Waals surface area contributed by atoms with Gasteiger partial charge >= 0.3 is 0 Å². The highest BCUT2D eigenvalue weighted by molar-refractivity contribution is 7.89. The molecule has 0 unspecified atom stereocenters. The second kappa shape index (κ2) is 6.55. The van der Waals surface area contributed by atoms with Crippen LogP contribution in [0.25, 0.3) is 0 Å². The molecule has 2 aromatic rings. The molecule has 0 bridgehead atoms. The van der Waals surface area contributed by atoms with Gasteiger partial charge in [-0.15, -0.1) is 11.3 Å². The van der Waals surface area contributed by atoms with Crippen molar-refractivity contribution in [1.82, 2.24) is 4.72 Å². The van der Waals surface area contributed by atoms with Crippen LogP contribution in [0.3, 0.4) is 0 Å². The fourth-order valence-electron chi connectivity index (χ4n) is 1.61. The normalized spacial score (nSPS) is 11.5. The highest BCUT2D eigenvalue weighted by Gasteiger charge is 2.13. The minimum absolute atomic E-state index is 0.209. The Morgan fingerprint density at radius 1 is 1.15 bits per heavy atom. The van der Waals surface area contributed by atoms with Crippen LogP contribution in [-0.2, 0) is 16.4 Å². The third-order valence-electron chi connectivity index (χ3n) is 2.62. The molecule has 0 aliphatic rings. The summed E-state index contributed by atoms with van der Waals surface area (Å²) in [4.78, 5) is 1.25. The Bertz CT molecular complexity index is 668. The van der Waals surface area contributed by atoms with E-state index in [2.05, 4.69) is 10.1 Å². The van der Waals surface area contributed by atoms with Gasteiger partial charge in [-0.05, 0) is 42.8 Å². The van der Waals surface area contributed by atoms with Gasteiger partial charge < -0.3 is 5.43 Å². The van der Waals surface area contributed by atoms with Crippen LogP contribution in [0.4, 0.5) is 5.69 Å². The monoisotopic (exact) mass is 331 g/mol. The molecule has 20 heavy (non-hydrogen) atoms. The number of hydrogen-bond donors (Lipinski definition) is 3. The summed E-state index contributed by atoms with van der Waals surface area (Å²) in [7, 11) is -3.50. The molecular weight excluding hydrogens is 318 g/mol. The van der Waals surface area contributed by atoms with Gasteiger partial charge in [0.05, 0.1) is 9.23 Å². The molecule has 5 nitrogen and oxygen atoms in total. The van der Waals surface area contributed by atoms with E-state index in [1.807, 2.05) is 6.07 Å². The predicted octanol–water partition coefficient (Wildman–Crippen LogP) is 2.21. The molecule has 1 heterocycles. The van der Waals surface area contributed by atoms with E-state index in [4.69, 9.17) is 17.4 Å². The summed E-state index contributed by atoms with van der Waals surface area (Å²) in [6.45, 7) is 0.329. The standard InChI is InChI=1S/C12H14ClN3O2S2/c13-12-6-3-10(19-12)7-8-15-20(17,18)11-4-1-9(16-14)2-5-11/h1-6,15-16H,7-8,14H2. The van der Waals surface area contributed by atoms with Crippen molar-refractivity contribution in [1.29, 1.82) is 0 Å². The van der Waals surface area contributed by atoms with Crippen LogP contribution in [0, 0.1) is 0 Å². The van der Waals surface area contributed by atoms with Gasteiger partial charge in [-0.1, -0.05) is 11.6 Å². The molecule has 0 fully saturated rings. The third-order valence-corrected chi connectivity index (χ3v) is 5.39. The van der Waals surface area contributed by atoms with Gasteiger partial charge in [0.1, 0.15) is 0 Å². The van der Waals surface area contributed by atoms with Crippen molar-refractivity contribution in [3.63, 3.8) is 0 Å². The first-order chi connectivity index (χ1) is 9.51. The van der Waals surface area contributed by atoms with E-state index in [0.29, 0.717) is 23.0 Å². The minimum atomic E-state index is -3.50. The number of nitrogens with two attached hydrogens (primary N) is 1. The quantitative estimate of drug-likeness (QED) is 0.559. The SMILES string of the molecule is NNc1ccc(S(=O)(=O)NCCc2ccc(Cl)s2)cc1. The molecule has 1 aromatic heterocycles.